The molecule has 0 aromatic carbocycles. The normalized spacial score (nSPS) is 20.2. The summed E-state index contributed by atoms with van der Waals surface area (Å²) in [5.74, 6) is 2.45. The maximum atomic E-state index is 5.55. The van der Waals surface area contributed by atoms with Gasteiger partial charge in [-0.05, 0) is 6.92 Å². The van der Waals surface area contributed by atoms with E-state index >= 15 is 0 Å². The number of hydrogen-bond acceptors (Lipinski definition) is 2. The second-order valence-corrected chi connectivity index (χ2v) is 2.52. The predicted molar refractivity (Wildman–Crippen MR) is 42.1 cm³/mol. The van der Waals surface area contributed by atoms with Gasteiger partial charge in [-0.1, -0.05) is 11.5 Å². The molecule has 1 aliphatic heterocycles. The van der Waals surface area contributed by atoms with E-state index in [1.165, 1.54) is 0 Å². The second kappa shape index (κ2) is 4.01. The highest BCUT2D eigenvalue weighted by Crippen LogP contribution is 2.04. The lowest BCUT2D eigenvalue weighted by Crippen LogP contribution is -2.11. The van der Waals surface area contributed by atoms with Gasteiger partial charge >= 0.3 is 7.12 Å². The average molecular weight is 160 g/mol. The van der Waals surface area contributed by atoms with Crippen molar-refractivity contribution >= 4 is 18.7 Å². The molecule has 0 bridgehead atoms. The Morgan fingerprint density at radius 3 is 2.70 bits per heavy atom. The summed E-state index contributed by atoms with van der Waals surface area (Å²) in [6.07, 6.45) is 0. The number of hydrogen-bond donors (Lipinski definition) is 0. The van der Waals surface area contributed by atoms with E-state index in [0.29, 0.717) is 19.1 Å². The SMILES string of the molecule is C/C(=C/B1OCCO1)CCl. The fraction of sp³-hybridized carbons (Fsp3) is 0.667. The standard InChI is InChI=1S/C6H10BClO2/c1-6(5-8)4-7-9-2-3-10-7/h4H,2-3,5H2,1H3/b6-4-. The van der Waals surface area contributed by atoms with Crippen LogP contribution in [0.4, 0.5) is 0 Å². The molecule has 0 atom stereocenters. The average Bonchev–Trinajstić information content (AvgIpc) is 2.40. The molecule has 1 aliphatic rings. The van der Waals surface area contributed by atoms with Crippen molar-refractivity contribution in [3.63, 3.8) is 0 Å². The van der Waals surface area contributed by atoms with Crippen LogP contribution in [0.1, 0.15) is 6.92 Å². The molecule has 1 fully saturated rings. The van der Waals surface area contributed by atoms with Gasteiger partial charge in [-0.15, -0.1) is 11.6 Å². The zero-order chi connectivity index (χ0) is 7.40. The minimum absolute atomic E-state index is 0.154. The van der Waals surface area contributed by atoms with Gasteiger partial charge in [0.25, 0.3) is 0 Å². The fourth-order valence-corrected chi connectivity index (χ4v) is 0.839. The van der Waals surface area contributed by atoms with Crippen LogP contribution in [0, 0.1) is 0 Å². The van der Waals surface area contributed by atoms with Crippen LogP contribution in [0.3, 0.4) is 0 Å². The molecule has 0 saturated carbocycles. The Morgan fingerprint density at radius 2 is 2.20 bits per heavy atom. The lowest BCUT2D eigenvalue weighted by Gasteiger charge is -1.97. The molecular formula is C6H10BClO2. The van der Waals surface area contributed by atoms with Gasteiger partial charge < -0.3 is 9.31 Å². The molecule has 0 N–H and O–H groups in total. The minimum Gasteiger partial charge on any atom is -0.405 e. The van der Waals surface area contributed by atoms with Crippen LogP contribution in [0.25, 0.3) is 0 Å². The van der Waals surface area contributed by atoms with Crippen LogP contribution in [-0.2, 0) is 9.31 Å². The first-order valence-corrected chi connectivity index (χ1v) is 3.83. The van der Waals surface area contributed by atoms with Crippen LogP contribution in [0.5, 0.6) is 0 Å². The van der Waals surface area contributed by atoms with Crippen molar-refractivity contribution in [2.45, 2.75) is 6.92 Å². The van der Waals surface area contributed by atoms with Crippen molar-refractivity contribution in [3.8, 4) is 0 Å². The summed E-state index contributed by atoms with van der Waals surface area (Å²) < 4.78 is 10.3. The third-order valence-electron chi connectivity index (χ3n) is 1.28. The highest BCUT2D eigenvalue weighted by molar-refractivity contribution is 6.51. The first kappa shape index (κ1) is 8.11. The predicted octanol–water partition coefficient (Wildman–Crippen LogP) is 1.25. The summed E-state index contributed by atoms with van der Waals surface area (Å²) in [7, 11) is -0.154. The number of allylic oxidation sites excluding steroid dienone is 1. The zero-order valence-electron chi connectivity index (χ0n) is 5.97. The van der Waals surface area contributed by atoms with E-state index in [1.54, 1.807) is 0 Å². The van der Waals surface area contributed by atoms with Crippen molar-refractivity contribution in [1.29, 1.82) is 0 Å². The highest BCUT2D eigenvalue weighted by Gasteiger charge is 2.20. The largest absolute Gasteiger partial charge is 0.486 e. The second-order valence-electron chi connectivity index (χ2n) is 2.26. The Kier molecular flexibility index (Phi) is 3.26. The Bertz CT molecular complexity index is 132. The smallest absolute Gasteiger partial charge is 0.405 e. The Balaban J connectivity index is 2.34. The molecule has 1 rings (SSSR count). The van der Waals surface area contributed by atoms with Gasteiger partial charge in [0.15, 0.2) is 0 Å². The molecule has 56 valence electrons. The van der Waals surface area contributed by atoms with Crippen molar-refractivity contribution in [1.82, 2.24) is 0 Å². The summed E-state index contributed by atoms with van der Waals surface area (Å²) >= 11 is 5.55. The Labute approximate surface area is 66.3 Å². The highest BCUT2D eigenvalue weighted by atomic mass is 35.5. The molecule has 0 radical (unpaired) electrons. The number of alkyl halides is 1. The molecule has 0 aromatic rings. The maximum absolute atomic E-state index is 5.55. The van der Waals surface area contributed by atoms with Crippen LogP contribution in [0.15, 0.2) is 11.5 Å². The van der Waals surface area contributed by atoms with Gasteiger partial charge in [-0.25, -0.2) is 0 Å². The zero-order valence-corrected chi connectivity index (χ0v) is 6.73. The van der Waals surface area contributed by atoms with Crippen molar-refractivity contribution in [3.05, 3.63) is 11.5 Å². The lowest BCUT2D eigenvalue weighted by molar-refractivity contribution is 0.365. The molecule has 10 heavy (non-hydrogen) atoms. The van der Waals surface area contributed by atoms with E-state index in [4.69, 9.17) is 20.9 Å². The lowest BCUT2D eigenvalue weighted by atomic mass is 9.88. The summed E-state index contributed by atoms with van der Waals surface area (Å²) in [6.45, 7) is 3.34. The topological polar surface area (TPSA) is 18.5 Å². The third-order valence-corrected chi connectivity index (χ3v) is 1.70. The van der Waals surface area contributed by atoms with E-state index in [9.17, 15) is 0 Å². The number of rotatable bonds is 2. The molecular weight excluding hydrogens is 150 g/mol. The number of halogens is 1. The monoisotopic (exact) mass is 160 g/mol. The van der Waals surface area contributed by atoms with Gasteiger partial charge in [0, 0.05) is 5.88 Å². The summed E-state index contributed by atoms with van der Waals surface area (Å²) in [5.41, 5.74) is 1.09. The van der Waals surface area contributed by atoms with Crippen molar-refractivity contribution < 1.29 is 9.31 Å². The summed E-state index contributed by atoms with van der Waals surface area (Å²) in [6, 6.07) is 0. The van der Waals surface area contributed by atoms with E-state index < -0.39 is 0 Å². The fourth-order valence-electron chi connectivity index (χ4n) is 0.750. The Morgan fingerprint density at radius 1 is 1.60 bits per heavy atom. The van der Waals surface area contributed by atoms with Crippen LogP contribution in [0.2, 0.25) is 0 Å². The molecule has 2 nitrogen and oxygen atoms in total. The first-order chi connectivity index (χ1) is 4.83. The molecule has 1 saturated heterocycles. The summed E-state index contributed by atoms with van der Waals surface area (Å²) in [5, 5.41) is 0. The van der Waals surface area contributed by atoms with Gasteiger partial charge in [0.1, 0.15) is 0 Å². The van der Waals surface area contributed by atoms with E-state index in [1.807, 2.05) is 12.9 Å². The molecule has 0 amide bonds. The van der Waals surface area contributed by atoms with Crippen LogP contribution < -0.4 is 0 Å². The molecule has 4 heteroatoms. The molecule has 1 heterocycles. The van der Waals surface area contributed by atoms with Gasteiger partial charge in [-0.3, -0.25) is 0 Å². The van der Waals surface area contributed by atoms with Gasteiger partial charge in [0.05, 0.1) is 13.2 Å². The first-order valence-electron chi connectivity index (χ1n) is 3.29. The quantitative estimate of drug-likeness (QED) is 0.447. The van der Waals surface area contributed by atoms with E-state index in [-0.39, 0.29) is 7.12 Å². The van der Waals surface area contributed by atoms with Crippen molar-refractivity contribution in [2.75, 3.05) is 19.1 Å². The van der Waals surface area contributed by atoms with Gasteiger partial charge in [-0.2, -0.15) is 0 Å². The van der Waals surface area contributed by atoms with Crippen LogP contribution in [-0.4, -0.2) is 26.2 Å². The molecule has 0 aliphatic carbocycles. The molecule has 0 spiro atoms. The van der Waals surface area contributed by atoms with E-state index in [2.05, 4.69) is 0 Å². The summed E-state index contributed by atoms with van der Waals surface area (Å²) in [4.78, 5) is 0. The molecule has 0 aromatic heterocycles. The van der Waals surface area contributed by atoms with Gasteiger partial charge in [0.2, 0.25) is 0 Å². The Hall–Kier alpha value is 0.0149. The minimum atomic E-state index is -0.154. The van der Waals surface area contributed by atoms with Crippen LogP contribution >= 0.6 is 11.6 Å². The van der Waals surface area contributed by atoms with Crippen molar-refractivity contribution in [2.24, 2.45) is 0 Å². The maximum Gasteiger partial charge on any atom is 0.486 e. The third kappa shape index (κ3) is 2.33. The molecule has 0 unspecified atom stereocenters. The van der Waals surface area contributed by atoms with E-state index in [0.717, 1.165) is 5.57 Å².